The fraction of sp³-hybridized carbons (Fsp3) is 0.889. The number of amides is 1. The van der Waals surface area contributed by atoms with Crippen LogP contribution < -0.4 is 0 Å². The standard InChI is InChI=1S/C18H29NO2/c20-17-11-4-3-9-15(17)16-10-2-1-5-12-19(16)18(21)13-14-7-6-8-14/h14-16H,1-13H2/t15-,16+/m0/s1. The molecule has 0 aromatic heterocycles. The third-order valence-electron chi connectivity index (χ3n) is 5.87. The van der Waals surface area contributed by atoms with Crippen molar-refractivity contribution in [3.8, 4) is 0 Å². The highest BCUT2D eigenvalue weighted by Gasteiger charge is 2.37. The first kappa shape index (κ1) is 15.1. The van der Waals surface area contributed by atoms with Crippen LogP contribution in [0, 0.1) is 11.8 Å². The van der Waals surface area contributed by atoms with Crippen LogP contribution in [-0.2, 0) is 9.59 Å². The average molecular weight is 291 g/mol. The summed E-state index contributed by atoms with van der Waals surface area (Å²) in [4.78, 5) is 27.2. The van der Waals surface area contributed by atoms with Gasteiger partial charge in [0.25, 0.3) is 0 Å². The Morgan fingerprint density at radius 3 is 2.48 bits per heavy atom. The fourth-order valence-corrected chi connectivity index (χ4v) is 4.34. The van der Waals surface area contributed by atoms with Crippen molar-refractivity contribution in [2.24, 2.45) is 11.8 Å². The van der Waals surface area contributed by atoms with E-state index < -0.39 is 0 Å². The highest BCUT2D eigenvalue weighted by molar-refractivity contribution is 5.84. The van der Waals surface area contributed by atoms with Gasteiger partial charge in [0.15, 0.2) is 0 Å². The van der Waals surface area contributed by atoms with Gasteiger partial charge in [0.05, 0.1) is 0 Å². The molecule has 0 unspecified atom stereocenters. The molecule has 118 valence electrons. The van der Waals surface area contributed by atoms with Gasteiger partial charge in [-0.25, -0.2) is 0 Å². The quantitative estimate of drug-likeness (QED) is 0.795. The number of nitrogens with zero attached hydrogens (tertiary/aromatic N) is 1. The molecule has 1 amide bonds. The lowest BCUT2D eigenvalue weighted by Gasteiger charge is -2.38. The molecule has 2 saturated carbocycles. The predicted octanol–water partition coefficient (Wildman–Crippen LogP) is 3.71. The zero-order valence-corrected chi connectivity index (χ0v) is 13.2. The van der Waals surface area contributed by atoms with E-state index in [2.05, 4.69) is 4.90 Å². The number of rotatable bonds is 3. The van der Waals surface area contributed by atoms with Gasteiger partial charge < -0.3 is 4.90 Å². The lowest BCUT2D eigenvalue weighted by Crippen LogP contribution is -2.48. The van der Waals surface area contributed by atoms with E-state index in [4.69, 9.17) is 0 Å². The summed E-state index contributed by atoms with van der Waals surface area (Å²) in [6.45, 7) is 0.889. The number of Topliss-reactive ketones (excluding diaryl/α,β-unsaturated/α-hetero) is 1. The van der Waals surface area contributed by atoms with Crippen LogP contribution in [0.15, 0.2) is 0 Å². The molecular formula is C18H29NO2. The van der Waals surface area contributed by atoms with Crippen molar-refractivity contribution in [1.82, 2.24) is 4.90 Å². The molecule has 0 aromatic rings. The molecule has 1 saturated heterocycles. The maximum atomic E-state index is 12.7. The van der Waals surface area contributed by atoms with Crippen molar-refractivity contribution in [2.45, 2.75) is 83.1 Å². The van der Waals surface area contributed by atoms with Crippen LogP contribution in [0.5, 0.6) is 0 Å². The summed E-state index contributed by atoms with van der Waals surface area (Å²) in [5.41, 5.74) is 0. The highest BCUT2D eigenvalue weighted by Crippen LogP contribution is 2.34. The summed E-state index contributed by atoms with van der Waals surface area (Å²) < 4.78 is 0. The fourth-order valence-electron chi connectivity index (χ4n) is 4.34. The van der Waals surface area contributed by atoms with Gasteiger partial charge in [0, 0.05) is 31.3 Å². The molecule has 3 fully saturated rings. The van der Waals surface area contributed by atoms with Gasteiger partial charge in [-0.15, -0.1) is 0 Å². The minimum Gasteiger partial charge on any atom is -0.339 e. The average Bonchev–Trinajstić information content (AvgIpc) is 2.69. The summed E-state index contributed by atoms with van der Waals surface area (Å²) in [6.07, 6.45) is 13.0. The summed E-state index contributed by atoms with van der Waals surface area (Å²) in [7, 11) is 0. The summed E-state index contributed by atoms with van der Waals surface area (Å²) in [5.74, 6) is 1.53. The Labute approximate surface area is 128 Å². The molecule has 3 rings (SSSR count). The van der Waals surface area contributed by atoms with Crippen LogP contribution in [0.3, 0.4) is 0 Å². The number of carbonyl (C=O) groups excluding carboxylic acids is 2. The summed E-state index contributed by atoms with van der Waals surface area (Å²) in [6, 6.07) is 0.216. The molecule has 1 heterocycles. The van der Waals surface area contributed by atoms with E-state index in [1.807, 2.05) is 0 Å². The van der Waals surface area contributed by atoms with Gasteiger partial charge in [-0.1, -0.05) is 25.7 Å². The molecule has 3 aliphatic rings. The van der Waals surface area contributed by atoms with Crippen LogP contribution >= 0.6 is 0 Å². The van der Waals surface area contributed by atoms with Crippen LogP contribution in [-0.4, -0.2) is 29.2 Å². The topological polar surface area (TPSA) is 37.4 Å². The minimum atomic E-state index is 0.141. The Balaban J connectivity index is 1.69. The maximum Gasteiger partial charge on any atom is 0.223 e. The van der Waals surface area contributed by atoms with Gasteiger partial charge in [0.2, 0.25) is 5.91 Å². The molecule has 3 nitrogen and oxygen atoms in total. The van der Waals surface area contributed by atoms with Gasteiger partial charge in [0.1, 0.15) is 5.78 Å². The monoisotopic (exact) mass is 291 g/mol. The molecule has 3 heteroatoms. The van der Waals surface area contributed by atoms with Crippen molar-refractivity contribution in [2.75, 3.05) is 6.54 Å². The SMILES string of the molecule is O=C1CCCC[C@H]1[C@H]1CCCCCN1C(=O)CC1CCC1. The zero-order chi connectivity index (χ0) is 14.7. The van der Waals surface area contributed by atoms with E-state index in [-0.39, 0.29) is 12.0 Å². The number of hydrogen-bond acceptors (Lipinski definition) is 2. The van der Waals surface area contributed by atoms with Crippen molar-refractivity contribution in [3.05, 3.63) is 0 Å². The van der Waals surface area contributed by atoms with Crippen LogP contribution in [0.1, 0.15) is 77.0 Å². The number of hydrogen-bond donors (Lipinski definition) is 0. The Morgan fingerprint density at radius 2 is 1.76 bits per heavy atom. The number of likely N-dealkylation sites (tertiary alicyclic amines) is 1. The van der Waals surface area contributed by atoms with E-state index in [1.54, 1.807) is 0 Å². The smallest absolute Gasteiger partial charge is 0.223 e. The second-order valence-corrected chi connectivity index (χ2v) is 7.32. The van der Waals surface area contributed by atoms with Crippen LogP contribution in [0.25, 0.3) is 0 Å². The molecule has 0 N–H and O–H groups in total. The molecule has 0 aromatic carbocycles. The van der Waals surface area contributed by atoms with E-state index >= 15 is 0 Å². The molecule has 21 heavy (non-hydrogen) atoms. The third kappa shape index (κ3) is 3.49. The molecule has 0 bridgehead atoms. The molecule has 0 radical (unpaired) electrons. The number of ketones is 1. The first-order valence-corrected chi connectivity index (χ1v) is 9.08. The number of carbonyl (C=O) groups is 2. The van der Waals surface area contributed by atoms with Gasteiger partial charge in [-0.2, -0.15) is 0 Å². The van der Waals surface area contributed by atoms with E-state index in [0.29, 0.717) is 17.6 Å². The van der Waals surface area contributed by atoms with Gasteiger partial charge in [-0.3, -0.25) is 9.59 Å². The first-order chi connectivity index (χ1) is 10.3. The van der Waals surface area contributed by atoms with Gasteiger partial charge in [-0.05, 0) is 44.4 Å². The van der Waals surface area contributed by atoms with E-state index in [9.17, 15) is 9.59 Å². The third-order valence-corrected chi connectivity index (χ3v) is 5.87. The lowest BCUT2D eigenvalue weighted by atomic mass is 9.79. The zero-order valence-electron chi connectivity index (χ0n) is 13.2. The Bertz CT molecular complexity index is 389. The van der Waals surface area contributed by atoms with Crippen LogP contribution in [0.4, 0.5) is 0 Å². The second kappa shape index (κ2) is 6.93. The van der Waals surface area contributed by atoms with Crippen molar-refractivity contribution >= 4 is 11.7 Å². The van der Waals surface area contributed by atoms with Gasteiger partial charge >= 0.3 is 0 Å². The normalized spacial score (nSPS) is 31.6. The Hall–Kier alpha value is -0.860. The maximum absolute atomic E-state index is 12.7. The van der Waals surface area contributed by atoms with Crippen molar-refractivity contribution < 1.29 is 9.59 Å². The van der Waals surface area contributed by atoms with Crippen LogP contribution in [0.2, 0.25) is 0 Å². The van der Waals surface area contributed by atoms with Crippen molar-refractivity contribution in [3.63, 3.8) is 0 Å². The molecular weight excluding hydrogens is 262 g/mol. The molecule has 0 spiro atoms. The predicted molar refractivity (Wildman–Crippen MR) is 82.9 cm³/mol. The largest absolute Gasteiger partial charge is 0.339 e. The van der Waals surface area contributed by atoms with Crippen molar-refractivity contribution in [1.29, 1.82) is 0 Å². The summed E-state index contributed by atoms with van der Waals surface area (Å²) in [5, 5.41) is 0. The molecule has 2 atom stereocenters. The molecule has 2 aliphatic carbocycles. The Kier molecular flexibility index (Phi) is 4.97. The molecule has 1 aliphatic heterocycles. The Morgan fingerprint density at radius 1 is 0.952 bits per heavy atom. The summed E-state index contributed by atoms with van der Waals surface area (Å²) >= 11 is 0. The first-order valence-electron chi connectivity index (χ1n) is 9.08. The second-order valence-electron chi connectivity index (χ2n) is 7.32. The lowest BCUT2D eigenvalue weighted by molar-refractivity contribution is -0.139. The van der Waals surface area contributed by atoms with E-state index in [1.165, 1.54) is 32.1 Å². The van der Waals surface area contributed by atoms with E-state index in [0.717, 1.165) is 51.5 Å². The minimum absolute atomic E-state index is 0.141. The highest BCUT2D eigenvalue weighted by atomic mass is 16.2.